The van der Waals surface area contributed by atoms with Crippen molar-refractivity contribution in [2.75, 3.05) is 16.8 Å². The predicted octanol–water partition coefficient (Wildman–Crippen LogP) is 3.92. The van der Waals surface area contributed by atoms with Gasteiger partial charge in [0.1, 0.15) is 11.6 Å². The third kappa shape index (κ3) is 2.93. The van der Waals surface area contributed by atoms with Gasteiger partial charge in [-0.15, -0.1) is 0 Å². The Labute approximate surface area is 140 Å². The third-order valence-corrected chi connectivity index (χ3v) is 4.22. The summed E-state index contributed by atoms with van der Waals surface area (Å²) in [6.45, 7) is 1.74. The molecule has 4 rings (SSSR count). The third-order valence-electron chi connectivity index (χ3n) is 4.22. The maximum atomic E-state index is 13.8. The summed E-state index contributed by atoms with van der Waals surface area (Å²) in [5.41, 5.74) is 3.09. The Balaban J connectivity index is 1.56. The standard InChI is InChI=1S/C19H17FN4/c20-16-7-3-4-8-17(16)22-19-21-11-9-18(23-19)24-12-10-14-5-1-2-6-15(14)13-24/h1-9,11H,10,12-13H2,(H,21,22,23). The molecular weight excluding hydrogens is 303 g/mol. The van der Waals surface area contributed by atoms with Gasteiger partial charge in [0.05, 0.1) is 5.69 Å². The fraction of sp³-hybridized carbons (Fsp3) is 0.158. The first-order valence-corrected chi connectivity index (χ1v) is 7.96. The maximum absolute atomic E-state index is 13.8. The normalized spacial score (nSPS) is 13.5. The van der Waals surface area contributed by atoms with Crippen LogP contribution in [0.15, 0.2) is 60.8 Å². The average molecular weight is 320 g/mol. The maximum Gasteiger partial charge on any atom is 0.229 e. The number of rotatable bonds is 3. The Morgan fingerprint density at radius 3 is 2.62 bits per heavy atom. The van der Waals surface area contributed by atoms with Crippen LogP contribution in [0.1, 0.15) is 11.1 Å². The van der Waals surface area contributed by atoms with Crippen molar-refractivity contribution in [3.8, 4) is 0 Å². The highest BCUT2D eigenvalue weighted by Crippen LogP contribution is 2.24. The van der Waals surface area contributed by atoms with E-state index in [9.17, 15) is 4.39 Å². The summed E-state index contributed by atoms with van der Waals surface area (Å²) in [5.74, 6) is 0.924. The number of aromatic nitrogens is 2. The summed E-state index contributed by atoms with van der Waals surface area (Å²) in [6, 6.07) is 16.9. The zero-order chi connectivity index (χ0) is 16.4. The van der Waals surface area contributed by atoms with Crippen molar-refractivity contribution >= 4 is 17.5 Å². The SMILES string of the molecule is Fc1ccccc1Nc1nccc(N2CCc3ccccc3C2)n1. The average Bonchev–Trinajstić information content (AvgIpc) is 2.63. The summed E-state index contributed by atoms with van der Waals surface area (Å²) < 4.78 is 13.8. The summed E-state index contributed by atoms with van der Waals surface area (Å²) in [5, 5.41) is 2.95. The minimum Gasteiger partial charge on any atom is -0.352 e. The van der Waals surface area contributed by atoms with E-state index in [4.69, 9.17) is 0 Å². The molecule has 1 aliphatic heterocycles. The lowest BCUT2D eigenvalue weighted by molar-refractivity contribution is 0.631. The van der Waals surface area contributed by atoms with Gasteiger partial charge in [-0.3, -0.25) is 0 Å². The van der Waals surface area contributed by atoms with E-state index in [1.807, 2.05) is 6.07 Å². The van der Waals surface area contributed by atoms with Crippen molar-refractivity contribution in [2.45, 2.75) is 13.0 Å². The highest BCUT2D eigenvalue weighted by atomic mass is 19.1. The number of para-hydroxylation sites is 1. The molecule has 2 heterocycles. The zero-order valence-corrected chi connectivity index (χ0v) is 13.1. The van der Waals surface area contributed by atoms with E-state index in [0.29, 0.717) is 11.6 Å². The van der Waals surface area contributed by atoms with Crippen LogP contribution in [-0.2, 0) is 13.0 Å². The molecule has 5 heteroatoms. The van der Waals surface area contributed by atoms with Crippen molar-refractivity contribution < 1.29 is 4.39 Å². The number of anilines is 3. The van der Waals surface area contributed by atoms with E-state index in [1.165, 1.54) is 17.2 Å². The number of nitrogens with one attached hydrogen (secondary N) is 1. The lowest BCUT2D eigenvalue weighted by atomic mass is 10.00. The first-order chi connectivity index (χ1) is 11.8. The van der Waals surface area contributed by atoms with Crippen molar-refractivity contribution in [1.29, 1.82) is 0 Å². The molecule has 2 aromatic carbocycles. The molecule has 0 spiro atoms. The summed E-state index contributed by atoms with van der Waals surface area (Å²) >= 11 is 0. The molecule has 0 amide bonds. The molecule has 0 fully saturated rings. The summed E-state index contributed by atoms with van der Waals surface area (Å²) in [7, 11) is 0. The van der Waals surface area contributed by atoms with Crippen LogP contribution in [0.5, 0.6) is 0 Å². The van der Waals surface area contributed by atoms with Crippen LogP contribution in [0, 0.1) is 5.82 Å². The van der Waals surface area contributed by atoms with Gasteiger partial charge in [-0.1, -0.05) is 36.4 Å². The summed E-state index contributed by atoms with van der Waals surface area (Å²) in [4.78, 5) is 11.0. The largest absolute Gasteiger partial charge is 0.352 e. The minimum atomic E-state index is -0.321. The predicted molar refractivity (Wildman–Crippen MR) is 92.9 cm³/mol. The van der Waals surface area contributed by atoms with Crippen LogP contribution < -0.4 is 10.2 Å². The lowest BCUT2D eigenvalue weighted by Gasteiger charge is -2.29. The van der Waals surface area contributed by atoms with Gasteiger partial charge in [0.2, 0.25) is 5.95 Å². The van der Waals surface area contributed by atoms with E-state index in [1.54, 1.807) is 24.4 Å². The fourth-order valence-corrected chi connectivity index (χ4v) is 2.96. The zero-order valence-electron chi connectivity index (χ0n) is 13.1. The van der Waals surface area contributed by atoms with Crippen LogP contribution in [0.25, 0.3) is 0 Å². The molecule has 0 radical (unpaired) electrons. The van der Waals surface area contributed by atoms with Gasteiger partial charge >= 0.3 is 0 Å². The second kappa shape index (κ2) is 6.28. The fourth-order valence-electron chi connectivity index (χ4n) is 2.96. The van der Waals surface area contributed by atoms with Crippen molar-refractivity contribution in [3.63, 3.8) is 0 Å². The number of fused-ring (bicyclic) bond motifs is 1. The molecular formula is C19H17FN4. The van der Waals surface area contributed by atoms with E-state index in [0.717, 1.165) is 25.3 Å². The Kier molecular flexibility index (Phi) is 3.83. The molecule has 1 aromatic heterocycles. The Bertz CT molecular complexity index is 865. The van der Waals surface area contributed by atoms with E-state index < -0.39 is 0 Å². The molecule has 0 atom stereocenters. The monoisotopic (exact) mass is 320 g/mol. The minimum absolute atomic E-state index is 0.321. The smallest absolute Gasteiger partial charge is 0.229 e. The molecule has 4 nitrogen and oxygen atoms in total. The Morgan fingerprint density at radius 2 is 1.75 bits per heavy atom. The van der Waals surface area contributed by atoms with Gasteiger partial charge in [0.15, 0.2) is 0 Å². The topological polar surface area (TPSA) is 41.1 Å². The molecule has 0 saturated heterocycles. The van der Waals surface area contributed by atoms with E-state index in [-0.39, 0.29) is 5.82 Å². The first-order valence-electron chi connectivity index (χ1n) is 7.96. The number of hydrogen-bond acceptors (Lipinski definition) is 4. The highest BCUT2D eigenvalue weighted by Gasteiger charge is 2.17. The van der Waals surface area contributed by atoms with Crippen molar-refractivity contribution in [2.24, 2.45) is 0 Å². The lowest BCUT2D eigenvalue weighted by Crippen LogP contribution is -2.31. The van der Waals surface area contributed by atoms with E-state index >= 15 is 0 Å². The molecule has 24 heavy (non-hydrogen) atoms. The molecule has 3 aromatic rings. The van der Waals surface area contributed by atoms with Gasteiger partial charge in [0, 0.05) is 19.3 Å². The van der Waals surface area contributed by atoms with Gasteiger partial charge in [0.25, 0.3) is 0 Å². The highest BCUT2D eigenvalue weighted by molar-refractivity contribution is 5.56. The van der Waals surface area contributed by atoms with Crippen LogP contribution in [0.4, 0.5) is 21.8 Å². The number of hydrogen-bond donors (Lipinski definition) is 1. The van der Waals surface area contributed by atoms with Crippen molar-refractivity contribution in [3.05, 3.63) is 77.7 Å². The van der Waals surface area contributed by atoms with Crippen molar-refractivity contribution in [1.82, 2.24) is 9.97 Å². The second-order valence-corrected chi connectivity index (χ2v) is 5.78. The number of halogens is 1. The first kappa shape index (κ1) is 14.6. The molecule has 0 unspecified atom stereocenters. The molecule has 1 aliphatic rings. The van der Waals surface area contributed by atoms with E-state index in [2.05, 4.69) is 44.5 Å². The second-order valence-electron chi connectivity index (χ2n) is 5.78. The molecule has 0 saturated carbocycles. The van der Waals surface area contributed by atoms with Gasteiger partial charge in [-0.05, 0) is 35.7 Å². The molecule has 0 aliphatic carbocycles. The molecule has 1 N–H and O–H groups in total. The van der Waals surface area contributed by atoms with Crippen LogP contribution >= 0.6 is 0 Å². The number of nitrogens with zero attached hydrogens (tertiary/aromatic N) is 3. The van der Waals surface area contributed by atoms with Crippen LogP contribution in [-0.4, -0.2) is 16.5 Å². The summed E-state index contributed by atoms with van der Waals surface area (Å²) in [6.07, 6.45) is 2.70. The Morgan fingerprint density at radius 1 is 0.958 bits per heavy atom. The van der Waals surface area contributed by atoms with Gasteiger partial charge < -0.3 is 10.2 Å². The van der Waals surface area contributed by atoms with Gasteiger partial charge in [-0.25, -0.2) is 9.37 Å². The molecule has 120 valence electrons. The van der Waals surface area contributed by atoms with Gasteiger partial charge in [-0.2, -0.15) is 4.98 Å². The number of benzene rings is 2. The van der Waals surface area contributed by atoms with Crippen LogP contribution in [0.2, 0.25) is 0 Å². The van der Waals surface area contributed by atoms with Crippen LogP contribution in [0.3, 0.4) is 0 Å². The quantitative estimate of drug-likeness (QED) is 0.794. The Hall–Kier alpha value is -2.95. The molecule has 0 bridgehead atoms.